The van der Waals surface area contributed by atoms with E-state index in [-0.39, 0.29) is 5.34 Å². The van der Waals surface area contributed by atoms with E-state index in [9.17, 15) is 0 Å². The zero-order chi connectivity index (χ0) is 13.7. The lowest BCUT2D eigenvalue weighted by atomic mass is 10.1. The fraction of sp³-hybridized carbons (Fsp3) is 1.00. The molecule has 0 rings (SSSR count). The summed E-state index contributed by atoms with van der Waals surface area (Å²) in [5, 5.41) is -0.000717. The second-order valence-electron chi connectivity index (χ2n) is 5.70. The van der Waals surface area contributed by atoms with Crippen LogP contribution in [0.5, 0.6) is 0 Å². The van der Waals surface area contributed by atoms with Crippen molar-refractivity contribution in [2.45, 2.75) is 96.7 Å². The molecule has 0 bridgehead atoms. The van der Waals surface area contributed by atoms with E-state index in [0.717, 1.165) is 13.0 Å². The van der Waals surface area contributed by atoms with Gasteiger partial charge in [-0.25, -0.2) is 0 Å². The number of hydrogen-bond acceptors (Lipinski definition) is 1. The van der Waals surface area contributed by atoms with Crippen molar-refractivity contribution in [3.05, 3.63) is 0 Å². The molecule has 0 N–H and O–H groups in total. The Balaban J connectivity index is 3.08. The first kappa shape index (κ1) is 18.4. The predicted octanol–water partition coefficient (Wildman–Crippen LogP) is 5.93. The number of hydrogen-bond donors (Lipinski definition) is 0. The van der Waals surface area contributed by atoms with Crippen molar-refractivity contribution >= 4 is 9.24 Å². The maximum Gasteiger partial charge on any atom is 0.0782 e. The van der Waals surface area contributed by atoms with Crippen LogP contribution in [0.2, 0.25) is 0 Å². The zero-order valence-electron chi connectivity index (χ0n) is 13.0. The van der Waals surface area contributed by atoms with Gasteiger partial charge in [-0.1, -0.05) is 71.6 Å². The molecule has 0 aliphatic heterocycles. The lowest BCUT2D eigenvalue weighted by Crippen LogP contribution is -2.19. The van der Waals surface area contributed by atoms with Crippen molar-refractivity contribution in [3.8, 4) is 0 Å². The summed E-state index contributed by atoms with van der Waals surface area (Å²) >= 11 is 0. The maximum atomic E-state index is 5.81. The van der Waals surface area contributed by atoms with Gasteiger partial charge in [-0.2, -0.15) is 0 Å². The third kappa shape index (κ3) is 12.8. The van der Waals surface area contributed by atoms with Gasteiger partial charge in [0.05, 0.1) is 5.34 Å². The number of rotatable bonds is 13. The van der Waals surface area contributed by atoms with Crippen LogP contribution in [-0.2, 0) is 4.74 Å². The molecule has 0 fully saturated rings. The first-order chi connectivity index (χ1) is 8.62. The summed E-state index contributed by atoms with van der Waals surface area (Å²) in [6.07, 6.45) is 14.9. The Morgan fingerprint density at radius 3 is 1.67 bits per heavy atom. The van der Waals surface area contributed by atoms with Gasteiger partial charge in [0.1, 0.15) is 0 Å². The minimum atomic E-state index is -0.000717. The molecule has 0 amide bonds. The van der Waals surface area contributed by atoms with Crippen LogP contribution in [0.1, 0.15) is 91.4 Å². The summed E-state index contributed by atoms with van der Waals surface area (Å²) in [4.78, 5) is 0. The molecule has 1 nitrogen and oxygen atoms in total. The molecular weight excluding hydrogens is 239 g/mol. The lowest BCUT2D eigenvalue weighted by Gasteiger charge is -2.23. The first-order valence-corrected chi connectivity index (χ1v) is 8.63. The Bertz CT molecular complexity index is 168. The van der Waals surface area contributed by atoms with Crippen LogP contribution in [-0.4, -0.2) is 11.9 Å². The summed E-state index contributed by atoms with van der Waals surface area (Å²) in [6, 6.07) is 0. The van der Waals surface area contributed by atoms with Gasteiger partial charge in [0.15, 0.2) is 0 Å². The fourth-order valence-electron chi connectivity index (χ4n) is 2.00. The standard InChI is InChI=1S/C16H35OP/c1-4-6-7-8-9-10-11-12-13-14-15-17-16(3,18)5-2/h4-15,18H2,1-3H3. The van der Waals surface area contributed by atoms with E-state index >= 15 is 0 Å². The summed E-state index contributed by atoms with van der Waals surface area (Å²) in [5.74, 6) is 0. The molecule has 0 aliphatic carbocycles. The van der Waals surface area contributed by atoms with Crippen molar-refractivity contribution in [3.63, 3.8) is 0 Å². The average Bonchev–Trinajstić information content (AvgIpc) is 2.36. The Morgan fingerprint density at radius 2 is 1.22 bits per heavy atom. The van der Waals surface area contributed by atoms with E-state index in [1.165, 1.54) is 64.2 Å². The fourth-order valence-corrected chi connectivity index (χ4v) is 2.11. The molecule has 0 saturated carbocycles. The smallest absolute Gasteiger partial charge is 0.0782 e. The average molecular weight is 274 g/mol. The van der Waals surface area contributed by atoms with Crippen LogP contribution in [0.4, 0.5) is 0 Å². The van der Waals surface area contributed by atoms with Crippen LogP contribution in [0.3, 0.4) is 0 Å². The van der Waals surface area contributed by atoms with Crippen molar-refractivity contribution in [2.24, 2.45) is 0 Å². The number of ether oxygens (including phenoxy) is 1. The minimum absolute atomic E-state index is 0.000717. The molecule has 0 aromatic carbocycles. The Morgan fingerprint density at radius 1 is 0.778 bits per heavy atom. The van der Waals surface area contributed by atoms with E-state index in [2.05, 4.69) is 30.0 Å². The highest BCUT2D eigenvalue weighted by molar-refractivity contribution is 7.18. The molecule has 0 aliphatic rings. The normalized spacial score (nSPS) is 14.7. The summed E-state index contributed by atoms with van der Waals surface area (Å²) < 4.78 is 5.81. The monoisotopic (exact) mass is 274 g/mol. The highest BCUT2D eigenvalue weighted by Gasteiger charge is 2.14. The van der Waals surface area contributed by atoms with Gasteiger partial charge in [0.2, 0.25) is 0 Å². The molecule has 0 aromatic heterocycles. The largest absolute Gasteiger partial charge is 0.371 e. The molecule has 110 valence electrons. The van der Waals surface area contributed by atoms with Crippen molar-refractivity contribution in [2.75, 3.05) is 6.61 Å². The summed E-state index contributed by atoms with van der Waals surface area (Å²) in [6.45, 7) is 7.52. The minimum Gasteiger partial charge on any atom is -0.371 e. The van der Waals surface area contributed by atoms with Gasteiger partial charge in [0, 0.05) is 6.61 Å². The Hall–Kier alpha value is 0.390. The van der Waals surface area contributed by atoms with Crippen molar-refractivity contribution < 1.29 is 4.74 Å². The maximum absolute atomic E-state index is 5.81. The van der Waals surface area contributed by atoms with Gasteiger partial charge in [0.25, 0.3) is 0 Å². The quantitative estimate of drug-likeness (QED) is 0.299. The van der Waals surface area contributed by atoms with Crippen molar-refractivity contribution in [1.82, 2.24) is 0 Å². The van der Waals surface area contributed by atoms with Gasteiger partial charge >= 0.3 is 0 Å². The molecule has 2 unspecified atom stereocenters. The highest BCUT2D eigenvalue weighted by atomic mass is 31.0. The van der Waals surface area contributed by atoms with Gasteiger partial charge in [-0.3, -0.25) is 0 Å². The van der Waals surface area contributed by atoms with E-state index in [1.54, 1.807) is 0 Å². The van der Waals surface area contributed by atoms with Crippen LogP contribution in [0, 0.1) is 0 Å². The van der Waals surface area contributed by atoms with Gasteiger partial charge < -0.3 is 4.74 Å². The first-order valence-electron chi connectivity index (χ1n) is 8.05. The SMILES string of the molecule is CCCCCCCCCCCCOC(C)(P)CC. The summed E-state index contributed by atoms with van der Waals surface area (Å²) in [7, 11) is 2.81. The molecular formula is C16H35OP. The second kappa shape index (κ2) is 12.4. The molecule has 0 heterocycles. The van der Waals surface area contributed by atoms with E-state index < -0.39 is 0 Å². The zero-order valence-corrected chi connectivity index (χ0v) is 14.1. The molecule has 2 atom stereocenters. The van der Waals surface area contributed by atoms with E-state index in [1.807, 2.05) is 0 Å². The summed E-state index contributed by atoms with van der Waals surface area (Å²) in [5.41, 5.74) is 0. The second-order valence-corrected chi connectivity index (χ2v) is 6.92. The van der Waals surface area contributed by atoms with Crippen LogP contribution in [0.25, 0.3) is 0 Å². The third-order valence-corrected chi connectivity index (χ3v) is 4.21. The predicted molar refractivity (Wildman–Crippen MR) is 86.2 cm³/mol. The van der Waals surface area contributed by atoms with E-state index in [0.29, 0.717) is 0 Å². The Kier molecular flexibility index (Phi) is 12.7. The van der Waals surface area contributed by atoms with Gasteiger partial charge in [-0.05, 0) is 19.8 Å². The molecule has 18 heavy (non-hydrogen) atoms. The van der Waals surface area contributed by atoms with Crippen LogP contribution >= 0.6 is 9.24 Å². The van der Waals surface area contributed by atoms with Crippen molar-refractivity contribution in [1.29, 1.82) is 0 Å². The van der Waals surface area contributed by atoms with Gasteiger partial charge in [-0.15, -0.1) is 9.24 Å². The number of unbranched alkanes of at least 4 members (excludes halogenated alkanes) is 9. The topological polar surface area (TPSA) is 9.23 Å². The third-order valence-electron chi connectivity index (χ3n) is 3.63. The van der Waals surface area contributed by atoms with E-state index in [4.69, 9.17) is 4.74 Å². The molecule has 0 saturated heterocycles. The highest BCUT2D eigenvalue weighted by Crippen LogP contribution is 2.23. The molecule has 0 aromatic rings. The van der Waals surface area contributed by atoms with Crippen LogP contribution < -0.4 is 0 Å². The Labute approximate surface area is 118 Å². The molecule has 0 spiro atoms. The van der Waals surface area contributed by atoms with Crippen LogP contribution in [0.15, 0.2) is 0 Å². The lowest BCUT2D eigenvalue weighted by molar-refractivity contribution is 0.0331. The molecule has 2 heteroatoms. The molecule has 0 radical (unpaired) electrons.